The summed E-state index contributed by atoms with van der Waals surface area (Å²) in [6, 6.07) is 5.08. The van der Waals surface area contributed by atoms with Crippen molar-refractivity contribution in [3.05, 3.63) is 29.8 Å². The van der Waals surface area contributed by atoms with Crippen LogP contribution in [0.3, 0.4) is 0 Å². The van der Waals surface area contributed by atoms with Gasteiger partial charge in [0.15, 0.2) is 6.61 Å². The van der Waals surface area contributed by atoms with Gasteiger partial charge in [-0.2, -0.15) is 18.3 Å². The molecule has 0 saturated carbocycles. The number of amides is 2. The summed E-state index contributed by atoms with van der Waals surface area (Å²) < 4.78 is 40.6. The largest absolute Gasteiger partial charge is 0.483 e. The molecule has 2 amide bonds. The van der Waals surface area contributed by atoms with E-state index in [1.807, 2.05) is 5.43 Å². The maximum absolute atomic E-state index is 12.0. The number of nitrogens with zero attached hydrogens (tertiary/aromatic N) is 1. The number of urea groups is 1. The molecule has 0 bridgehead atoms. The predicted molar refractivity (Wildman–Crippen MR) is 58.3 cm³/mol. The molecule has 98 valence electrons. The number of benzene rings is 1. The summed E-state index contributed by atoms with van der Waals surface area (Å²) in [4.78, 5) is 10.3. The minimum Gasteiger partial charge on any atom is -0.483 e. The lowest BCUT2D eigenvalue weighted by atomic mass is 10.2. The van der Waals surface area contributed by atoms with Crippen LogP contribution in [0.4, 0.5) is 18.0 Å². The second-order valence-corrected chi connectivity index (χ2v) is 3.18. The molecule has 1 aromatic rings. The van der Waals surface area contributed by atoms with Crippen LogP contribution >= 0.6 is 0 Å². The summed E-state index contributed by atoms with van der Waals surface area (Å²) in [7, 11) is 0. The molecule has 0 spiro atoms. The fraction of sp³-hybridized carbons (Fsp3) is 0.200. The molecular weight excluding hydrogens is 251 g/mol. The van der Waals surface area contributed by atoms with Gasteiger partial charge in [-0.1, -0.05) is 12.1 Å². The van der Waals surface area contributed by atoms with Crippen molar-refractivity contribution in [3.8, 4) is 5.75 Å². The van der Waals surface area contributed by atoms with E-state index in [9.17, 15) is 18.0 Å². The van der Waals surface area contributed by atoms with Crippen LogP contribution in [-0.4, -0.2) is 25.0 Å². The maximum atomic E-state index is 12.0. The smallest absolute Gasteiger partial charge is 0.422 e. The summed E-state index contributed by atoms with van der Waals surface area (Å²) in [5.74, 6) is 0.00449. The van der Waals surface area contributed by atoms with Gasteiger partial charge in [0.1, 0.15) is 5.75 Å². The molecule has 5 nitrogen and oxygen atoms in total. The van der Waals surface area contributed by atoms with Crippen LogP contribution in [0.2, 0.25) is 0 Å². The van der Waals surface area contributed by atoms with E-state index >= 15 is 0 Å². The van der Waals surface area contributed by atoms with Crippen molar-refractivity contribution < 1.29 is 22.7 Å². The molecule has 0 radical (unpaired) electrons. The number of nitrogens with two attached hydrogens (primary N) is 1. The summed E-state index contributed by atoms with van der Waals surface area (Å²) >= 11 is 0. The van der Waals surface area contributed by atoms with Crippen LogP contribution in [0.5, 0.6) is 5.75 Å². The van der Waals surface area contributed by atoms with E-state index in [4.69, 9.17) is 5.73 Å². The minimum atomic E-state index is -4.42. The third-order valence-electron chi connectivity index (χ3n) is 1.69. The number of carbonyl (C=O) groups is 1. The van der Waals surface area contributed by atoms with Crippen molar-refractivity contribution in [2.45, 2.75) is 6.18 Å². The van der Waals surface area contributed by atoms with Gasteiger partial charge in [-0.3, -0.25) is 0 Å². The predicted octanol–water partition coefficient (Wildman–Crippen LogP) is 1.63. The standard InChI is InChI=1S/C10H10F3N3O2/c11-10(12,13)6-18-8-4-2-1-3-7(8)5-15-16-9(14)17/h1-5H,6H2,(H3,14,16,17). The van der Waals surface area contributed by atoms with Gasteiger partial charge < -0.3 is 10.5 Å². The van der Waals surface area contributed by atoms with Gasteiger partial charge in [0.25, 0.3) is 0 Å². The summed E-state index contributed by atoms with van der Waals surface area (Å²) in [6.07, 6.45) is -3.29. The van der Waals surface area contributed by atoms with Gasteiger partial charge >= 0.3 is 12.2 Å². The third-order valence-corrected chi connectivity index (χ3v) is 1.69. The van der Waals surface area contributed by atoms with Gasteiger partial charge in [0, 0.05) is 5.56 Å². The second-order valence-electron chi connectivity index (χ2n) is 3.18. The van der Waals surface area contributed by atoms with E-state index in [0.29, 0.717) is 0 Å². The number of hydrogen-bond acceptors (Lipinski definition) is 3. The van der Waals surface area contributed by atoms with E-state index in [-0.39, 0.29) is 11.3 Å². The monoisotopic (exact) mass is 261 g/mol. The lowest BCUT2D eigenvalue weighted by molar-refractivity contribution is -0.153. The molecule has 0 aromatic heterocycles. The molecule has 0 aliphatic carbocycles. The number of para-hydroxylation sites is 1. The van der Waals surface area contributed by atoms with E-state index in [1.54, 1.807) is 6.07 Å². The van der Waals surface area contributed by atoms with Crippen LogP contribution < -0.4 is 15.9 Å². The van der Waals surface area contributed by atoms with Gasteiger partial charge in [-0.25, -0.2) is 10.2 Å². The van der Waals surface area contributed by atoms with Gasteiger partial charge in [-0.05, 0) is 12.1 Å². The summed E-state index contributed by atoms with van der Waals surface area (Å²) in [6.45, 7) is -1.40. The highest BCUT2D eigenvalue weighted by atomic mass is 19.4. The van der Waals surface area contributed by atoms with Crippen LogP contribution in [-0.2, 0) is 0 Å². The third kappa shape index (κ3) is 5.19. The van der Waals surface area contributed by atoms with E-state index in [1.165, 1.54) is 18.2 Å². The van der Waals surface area contributed by atoms with Crippen molar-refractivity contribution in [2.24, 2.45) is 10.8 Å². The zero-order chi connectivity index (χ0) is 13.6. The fourth-order valence-corrected chi connectivity index (χ4v) is 1.04. The molecule has 0 atom stereocenters. The Hall–Kier alpha value is -2.25. The molecule has 1 aromatic carbocycles. The van der Waals surface area contributed by atoms with Gasteiger partial charge in [0.05, 0.1) is 6.21 Å². The van der Waals surface area contributed by atoms with Crippen LogP contribution in [0.25, 0.3) is 0 Å². The van der Waals surface area contributed by atoms with Crippen molar-refractivity contribution in [1.82, 2.24) is 5.43 Å². The Morgan fingerprint density at radius 3 is 2.72 bits per heavy atom. The van der Waals surface area contributed by atoms with E-state index < -0.39 is 18.8 Å². The molecule has 8 heteroatoms. The van der Waals surface area contributed by atoms with Crippen LogP contribution in [0.1, 0.15) is 5.56 Å². The van der Waals surface area contributed by atoms with Gasteiger partial charge in [0.2, 0.25) is 0 Å². The number of hydrazone groups is 1. The van der Waals surface area contributed by atoms with E-state index in [0.717, 1.165) is 6.21 Å². The Bertz CT molecular complexity index is 446. The first-order valence-electron chi connectivity index (χ1n) is 4.75. The normalized spacial score (nSPS) is 11.5. The molecule has 0 fully saturated rings. The number of nitrogens with one attached hydrogen (secondary N) is 1. The lowest BCUT2D eigenvalue weighted by Gasteiger charge is -2.10. The highest BCUT2D eigenvalue weighted by Crippen LogP contribution is 2.20. The first kappa shape index (κ1) is 13.8. The molecule has 1 rings (SSSR count). The minimum absolute atomic E-state index is 0.00449. The lowest BCUT2D eigenvalue weighted by Crippen LogP contribution is -2.24. The molecule has 3 N–H and O–H groups in total. The highest BCUT2D eigenvalue weighted by Gasteiger charge is 2.28. The van der Waals surface area contributed by atoms with E-state index in [2.05, 4.69) is 9.84 Å². The number of carbonyl (C=O) groups excluding carboxylic acids is 1. The average molecular weight is 261 g/mol. The highest BCUT2D eigenvalue weighted by molar-refractivity contribution is 5.84. The number of halogens is 3. The van der Waals surface area contributed by atoms with Crippen molar-refractivity contribution in [2.75, 3.05) is 6.61 Å². The Morgan fingerprint density at radius 1 is 1.44 bits per heavy atom. The first-order valence-corrected chi connectivity index (χ1v) is 4.75. The number of rotatable bonds is 4. The molecule has 0 aliphatic rings. The maximum Gasteiger partial charge on any atom is 0.422 e. The fourth-order valence-electron chi connectivity index (χ4n) is 1.04. The van der Waals surface area contributed by atoms with Crippen molar-refractivity contribution in [1.29, 1.82) is 0 Å². The second kappa shape index (κ2) is 5.89. The summed E-state index contributed by atoms with van der Waals surface area (Å²) in [5.41, 5.74) is 6.98. The quantitative estimate of drug-likeness (QED) is 0.638. The van der Waals surface area contributed by atoms with Crippen molar-refractivity contribution >= 4 is 12.2 Å². The number of ether oxygens (including phenoxy) is 1. The average Bonchev–Trinajstić information content (AvgIpc) is 2.26. The Kier molecular flexibility index (Phi) is 4.52. The topological polar surface area (TPSA) is 76.7 Å². The zero-order valence-corrected chi connectivity index (χ0v) is 9.07. The SMILES string of the molecule is NC(=O)NN=Cc1ccccc1OCC(F)(F)F. The number of hydrogen-bond donors (Lipinski definition) is 2. The van der Waals surface area contributed by atoms with Crippen LogP contribution in [0, 0.1) is 0 Å². The van der Waals surface area contributed by atoms with Crippen molar-refractivity contribution in [3.63, 3.8) is 0 Å². The van der Waals surface area contributed by atoms with Gasteiger partial charge in [-0.15, -0.1) is 0 Å². The zero-order valence-electron chi connectivity index (χ0n) is 9.07. The Morgan fingerprint density at radius 2 is 2.11 bits per heavy atom. The Labute approximate surface area is 100 Å². The molecule has 0 heterocycles. The molecule has 18 heavy (non-hydrogen) atoms. The Balaban J connectivity index is 2.73. The first-order chi connectivity index (χ1) is 8.38. The number of primary amides is 1. The number of alkyl halides is 3. The molecule has 0 unspecified atom stereocenters. The molecular formula is C10H10F3N3O2. The molecule has 0 saturated heterocycles. The molecule has 0 aliphatic heterocycles. The van der Waals surface area contributed by atoms with Crippen LogP contribution in [0.15, 0.2) is 29.4 Å². The summed E-state index contributed by atoms with van der Waals surface area (Å²) in [5, 5.41) is 3.44.